The molecule has 2 aromatic rings. The first-order valence-electron chi connectivity index (χ1n) is 7.14. The van der Waals surface area contributed by atoms with Gasteiger partial charge in [0.15, 0.2) is 0 Å². The van der Waals surface area contributed by atoms with Gasteiger partial charge in [0, 0.05) is 12.6 Å². The number of rotatable bonds is 3. The second-order valence-electron chi connectivity index (χ2n) is 5.66. The molecule has 3 rings (SSSR count). The average Bonchev–Trinajstić information content (AvgIpc) is 3.17. The summed E-state index contributed by atoms with van der Waals surface area (Å²) in [7, 11) is 0. The zero-order valence-electron chi connectivity index (χ0n) is 12.4. The highest BCUT2D eigenvalue weighted by atomic mass is 16.6. The fourth-order valence-electron chi connectivity index (χ4n) is 2.64. The lowest BCUT2D eigenvalue weighted by atomic mass is 10.1. The highest BCUT2D eigenvalue weighted by Crippen LogP contribution is 2.33. The number of amides is 1. The van der Waals surface area contributed by atoms with E-state index in [1.165, 1.54) is 0 Å². The lowest BCUT2D eigenvalue weighted by Crippen LogP contribution is -2.30. The van der Waals surface area contributed by atoms with E-state index in [4.69, 9.17) is 9.15 Å². The quantitative estimate of drug-likeness (QED) is 0.863. The fraction of sp³-hybridized carbons (Fsp3) is 0.571. The topological polar surface area (TPSA) is 85.3 Å². The Balaban J connectivity index is 1.84. The van der Waals surface area contributed by atoms with Crippen molar-refractivity contribution < 1.29 is 13.9 Å². The molecule has 0 unspecified atom stereocenters. The van der Waals surface area contributed by atoms with Gasteiger partial charge in [0.2, 0.25) is 5.76 Å². The maximum absolute atomic E-state index is 12.6. The summed E-state index contributed by atoms with van der Waals surface area (Å²) in [6, 6.07) is 1.62. The maximum Gasteiger partial charge on any atom is 0.293 e. The predicted molar refractivity (Wildman–Crippen MR) is 72.6 cm³/mol. The highest BCUT2D eigenvalue weighted by Gasteiger charge is 2.35. The molecule has 1 aliphatic heterocycles. The van der Waals surface area contributed by atoms with Gasteiger partial charge in [-0.15, -0.1) is 0 Å². The van der Waals surface area contributed by atoms with E-state index < -0.39 is 0 Å². The Bertz CT molecular complexity index is 646. The molecule has 1 aliphatic rings. The second kappa shape index (κ2) is 5.31. The van der Waals surface area contributed by atoms with E-state index in [1.54, 1.807) is 11.0 Å². The molecule has 0 saturated carbocycles. The Labute approximate surface area is 122 Å². The van der Waals surface area contributed by atoms with Gasteiger partial charge in [-0.1, -0.05) is 29.3 Å². The molecule has 0 aromatic carbocycles. The number of nitrogens with zero attached hydrogens (tertiary/aromatic N) is 4. The third kappa shape index (κ3) is 2.43. The molecule has 112 valence electrons. The van der Waals surface area contributed by atoms with Crippen LogP contribution in [0.1, 0.15) is 66.3 Å². The van der Waals surface area contributed by atoms with Gasteiger partial charge in [-0.05, 0) is 25.7 Å². The van der Waals surface area contributed by atoms with Crippen LogP contribution in [0.5, 0.6) is 0 Å². The van der Waals surface area contributed by atoms with E-state index in [1.807, 2.05) is 20.8 Å². The summed E-state index contributed by atoms with van der Waals surface area (Å²) in [6.07, 6.45) is 1.78. The van der Waals surface area contributed by atoms with Crippen molar-refractivity contribution >= 4 is 5.91 Å². The summed E-state index contributed by atoms with van der Waals surface area (Å²) < 4.78 is 9.95. The fourth-order valence-corrected chi connectivity index (χ4v) is 2.64. The van der Waals surface area contributed by atoms with Crippen LogP contribution in [0.25, 0.3) is 0 Å². The average molecular weight is 290 g/mol. The first kappa shape index (κ1) is 13.8. The normalized spacial score (nSPS) is 18.7. The van der Waals surface area contributed by atoms with Crippen molar-refractivity contribution in [3.05, 3.63) is 28.9 Å². The van der Waals surface area contributed by atoms with E-state index in [2.05, 4.69) is 15.5 Å². The number of aromatic nitrogens is 3. The Morgan fingerprint density at radius 1 is 1.38 bits per heavy atom. The summed E-state index contributed by atoms with van der Waals surface area (Å²) in [5, 5.41) is 11.7. The third-order valence-corrected chi connectivity index (χ3v) is 3.85. The lowest BCUT2D eigenvalue weighted by molar-refractivity contribution is 0.0688. The minimum atomic E-state index is -0.153. The van der Waals surface area contributed by atoms with Crippen LogP contribution in [0, 0.1) is 6.92 Å². The number of hydrogen-bond acceptors (Lipinski definition) is 6. The van der Waals surface area contributed by atoms with Crippen LogP contribution in [-0.4, -0.2) is 32.8 Å². The zero-order chi connectivity index (χ0) is 15.0. The van der Waals surface area contributed by atoms with Crippen LogP contribution in [0.4, 0.5) is 0 Å². The first-order chi connectivity index (χ1) is 10.1. The molecule has 2 aromatic heterocycles. The smallest absolute Gasteiger partial charge is 0.293 e. The summed E-state index contributed by atoms with van der Waals surface area (Å²) >= 11 is 0. The van der Waals surface area contributed by atoms with Gasteiger partial charge in [-0.2, -0.15) is 0 Å². The Morgan fingerprint density at radius 2 is 2.19 bits per heavy atom. The van der Waals surface area contributed by atoms with Gasteiger partial charge in [-0.25, -0.2) is 4.63 Å². The van der Waals surface area contributed by atoms with Crippen molar-refractivity contribution in [1.29, 1.82) is 0 Å². The molecule has 0 radical (unpaired) electrons. The molecule has 7 nitrogen and oxygen atoms in total. The minimum Gasteiger partial charge on any atom is -0.351 e. The lowest BCUT2D eigenvalue weighted by Gasteiger charge is -2.21. The molecule has 0 N–H and O–H groups in total. The summed E-state index contributed by atoms with van der Waals surface area (Å²) in [6.45, 7) is 6.52. The maximum atomic E-state index is 12.6. The van der Waals surface area contributed by atoms with E-state index >= 15 is 0 Å². The van der Waals surface area contributed by atoms with Crippen molar-refractivity contribution in [3.8, 4) is 0 Å². The zero-order valence-corrected chi connectivity index (χ0v) is 12.4. The summed E-state index contributed by atoms with van der Waals surface area (Å²) in [5.74, 6) is 0.352. The molecule has 0 bridgehead atoms. The van der Waals surface area contributed by atoms with Crippen LogP contribution in [0.15, 0.2) is 15.2 Å². The third-order valence-electron chi connectivity index (χ3n) is 3.85. The molecule has 21 heavy (non-hydrogen) atoms. The van der Waals surface area contributed by atoms with E-state index in [-0.39, 0.29) is 23.6 Å². The number of carbonyl (C=O) groups is 1. The van der Waals surface area contributed by atoms with Crippen LogP contribution in [0.2, 0.25) is 0 Å². The van der Waals surface area contributed by atoms with Gasteiger partial charge in [0.1, 0.15) is 11.4 Å². The molecule has 0 spiro atoms. The van der Waals surface area contributed by atoms with Crippen molar-refractivity contribution in [2.45, 2.75) is 45.6 Å². The van der Waals surface area contributed by atoms with Crippen molar-refractivity contribution in [1.82, 2.24) is 20.4 Å². The first-order valence-corrected chi connectivity index (χ1v) is 7.14. The molecule has 0 aliphatic carbocycles. The van der Waals surface area contributed by atoms with Crippen molar-refractivity contribution in [3.63, 3.8) is 0 Å². The standard InChI is InChI=1S/C14H18N4O3/c1-8(2)10-7-12(20-16-10)14(19)18-6-4-5-11(18)13-9(3)15-21-17-13/h7-8,11H,4-6H2,1-3H3/t11-/m0/s1. The van der Waals surface area contributed by atoms with E-state index in [9.17, 15) is 4.79 Å². The molecule has 1 amide bonds. The highest BCUT2D eigenvalue weighted by molar-refractivity contribution is 5.92. The van der Waals surface area contributed by atoms with Gasteiger partial charge in [0.25, 0.3) is 5.91 Å². The molecule has 7 heteroatoms. The van der Waals surface area contributed by atoms with E-state index in [0.29, 0.717) is 6.54 Å². The molecule has 1 fully saturated rings. The number of likely N-dealkylation sites (tertiary alicyclic amines) is 1. The van der Waals surface area contributed by atoms with Crippen molar-refractivity contribution in [2.75, 3.05) is 6.54 Å². The van der Waals surface area contributed by atoms with Crippen molar-refractivity contribution in [2.24, 2.45) is 0 Å². The molecular formula is C14H18N4O3. The van der Waals surface area contributed by atoms with Crippen LogP contribution in [-0.2, 0) is 0 Å². The Hall–Kier alpha value is -2.18. The molecule has 1 atom stereocenters. The molecular weight excluding hydrogens is 272 g/mol. The van der Waals surface area contributed by atoms with E-state index in [0.717, 1.165) is 29.9 Å². The molecule has 3 heterocycles. The second-order valence-corrected chi connectivity index (χ2v) is 5.66. The number of aryl methyl sites for hydroxylation is 1. The SMILES string of the molecule is Cc1nonc1[C@@H]1CCCN1C(=O)c1cc(C(C)C)no1. The van der Waals surface area contributed by atoms with Crippen LogP contribution < -0.4 is 0 Å². The van der Waals surface area contributed by atoms with Gasteiger partial charge >= 0.3 is 0 Å². The van der Waals surface area contributed by atoms with Crippen LogP contribution in [0.3, 0.4) is 0 Å². The summed E-state index contributed by atoms with van der Waals surface area (Å²) in [5.41, 5.74) is 2.23. The molecule has 1 saturated heterocycles. The van der Waals surface area contributed by atoms with Crippen LogP contribution >= 0.6 is 0 Å². The largest absolute Gasteiger partial charge is 0.351 e. The van der Waals surface area contributed by atoms with Gasteiger partial charge in [0.05, 0.1) is 11.7 Å². The predicted octanol–water partition coefficient (Wildman–Crippen LogP) is 2.47. The monoisotopic (exact) mass is 290 g/mol. The Kier molecular flexibility index (Phi) is 3.48. The Morgan fingerprint density at radius 3 is 2.81 bits per heavy atom. The minimum absolute atomic E-state index is 0.101. The number of carbonyl (C=O) groups excluding carboxylic acids is 1. The summed E-state index contributed by atoms with van der Waals surface area (Å²) in [4.78, 5) is 14.4. The van der Waals surface area contributed by atoms with Gasteiger partial charge < -0.3 is 9.42 Å². The van der Waals surface area contributed by atoms with Gasteiger partial charge in [-0.3, -0.25) is 4.79 Å². The number of hydrogen-bond donors (Lipinski definition) is 0.